The van der Waals surface area contributed by atoms with Gasteiger partial charge in [-0.05, 0) is 43.0 Å². The Morgan fingerprint density at radius 1 is 1.39 bits per heavy atom. The summed E-state index contributed by atoms with van der Waals surface area (Å²) in [5.41, 5.74) is 2.19. The fourth-order valence-electron chi connectivity index (χ4n) is 4.31. The van der Waals surface area contributed by atoms with Crippen molar-refractivity contribution < 1.29 is 23.8 Å². The number of methoxy groups -OCH3 is 1. The molecule has 1 aromatic heterocycles. The summed E-state index contributed by atoms with van der Waals surface area (Å²) in [7, 11) is 1.54. The van der Waals surface area contributed by atoms with E-state index in [1.165, 1.54) is 23.1 Å². The molecule has 2 saturated heterocycles. The van der Waals surface area contributed by atoms with E-state index in [9.17, 15) is 14.3 Å². The number of nitrogens with zero attached hydrogens (tertiary/aromatic N) is 3. The van der Waals surface area contributed by atoms with Crippen molar-refractivity contribution in [2.24, 2.45) is 0 Å². The normalized spacial score (nSPS) is 21.3. The van der Waals surface area contributed by atoms with Crippen LogP contribution in [0.1, 0.15) is 29.5 Å². The molecule has 1 amide bonds. The summed E-state index contributed by atoms with van der Waals surface area (Å²) >= 11 is 0. The molecule has 10 nitrogen and oxygen atoms in total. The summed E-state index contributed by atoms with van der Waals surface area (Å²) in [6.45, 7) is 3.21. The van der Waals surface area contributed by atoms with Crippen LogP contribution >= 0.6 is 0 Å². The zero-order valence-corrected chi connectivity index (χ0v) is 20.4. The number of nitrogens with one attached hydrogen (secondary N) is 3. The monoisotopic (exact) mass is 498 g/mol. The van der Waals surface area contributed by atoms with Crippen LogP contribution in [0.3, 0.4) is 0 Å². The van der Waals surface area contributed by atoms with Gasteiger partial charge in [0.15, 0.2) is 0 Å². The van der Waals surface area contributed by atoms with Crippen LogP contribution in [0, 0.1) is 18.2 Å². The van der Waals surface area contributed by atoms with E-state index in [-0.39, 0.29) is 37.6 Å². The molecular weight excluding hydrogens is 467 g/mol. The fourth-order valence-corrected chi connectivity index (χ4v) is 4.31. The Hall–Kier alpha value is -3.41. The van der Waals surface area contributed by atoms with E-state index in [2.05, 4.69) is 20.6 Å². The molecule has 2 aromatic rings. The first-order chi connectivity index (χ1) is 17.4. The van der Waals surface area contributed by atoms with E-state index in [4.69, 9.17) is 14.9 Å². The van der Waals surface area contributed by atoms with Crippen LogP contribution in [0.15, 0.2) is 36.2 Å². The molecule has 1 aromatic carbocycles. The van der Waals surface area contributed by atoms with Crippen LogP contribution in [-0.4, -0.2) is 70.6 Å². The second-order valence-corrected chi connectivity index (χ2v) is 8.94. The van der Waals surface area contributed by atoms with E-state index in [1.807, 2.05) is 6.92 Å². The van der Waals surface area contributed by atoms with Crippen LogP contribution in [0.4, 0.5) is 16.2 Å². The smallest absolute Gasteiger partial charge is 0.272 e. The van der Waals surface area contributed by atoms with Crippen molar-refractivity contribution in [2.45, 2.75) is 45.0 Å². The molecule has 2 fully saturated rings. The third-order valence-electron chi connectivity index (χ3n) is 6.35. The Kier molecular flexibility index (Phi) is 8.24. The van der Waals surface area contributed by atoms with Crippen LogP contribution in [0.2, 0.25) is 0 Å². The lowest BCUT2D eigenvalue weighted by molar-refractivity contribution is -0.129. The number of benzene rings is 1. The first-order valence-electron chi connectivity index (χ1n) is 11.8. The number of carbonyl (C=O) groups is 1. The number of carbonyl (C=O) groups excluding carboxylic acids is 1. The average molecular weight is 499 g/mol. The molecular formula is C25H31FN6O4. The number of rotatable bonds is 9. The molecule has 0 saturated carbocycles. The molecule has 0 aliphatic carbocycles. The molecule has 2 atom stereocenters. The van der Waals surface area contributed by atoms with Gasteiger partial charge in [0.25, 0.3) is 5.91 Å². The number of amides is 1. The maximum atomic E-state index is 13.9. The van der Waals surface area contributed by atoms with E-state index in [0.29, 0.717) is 48.1 Å². The second kappa shape index (κ2) is 11.5. The fraction of sp³-hybridized carbons (Fsp3) is 0.440. The minimum atomic E-state index is -0.493. The maximum Gasteiger partial charge on any atom is 0.272 e. The van der Waals surface area contributed by atoms with Gasteiger partial charge in [-0.15, -0.1) is 0 Å². The molecule has 2 aliphatic heterocycles. The quantitative estimate of drug-likeness (QED) is 0.414. The predicted octanol–water partition coefficient (Wildman–Crippen LogP) is 2.38. The summed E-state index contributed by atoms with van der Waals surface area (Å²) in [6.07, 6.45) is 4.58. The van der Waals surface area contributed by atoms with Crippen LogP contribution < -0.4 is 10.6 Å². The number of hydrogen-bond donors (Lipinski definition) is 4. The van der Waals surface area contributed by atoms with E-state index in [0.717, 1.165) is 12.0 Å². The number of piperidine rings is 1. The lowest BCUT2D eigenvalue weighted by atomic mass is 9.94. The summed E-state index contributed by atoms with van der Waals surface area (Å²) in [4.78, 5) is 23.6. The van der Waals surface area contributed by atoms with Crippen molar-refractivity contribution in [1.29, 1.82) is 5.41 Å². The largest absolute Gasteiger partial charge is 0.392 e. The van der Waals surface area contributed by atoms with Gasteiger partial charge >= 0.3 is 0 Å². The number of aliphatic hydroxyl groups excluding tert-OH is 1. The molecule has 0 radical (unpaired) electrons. The van der Waals surface area contributed by atoms with E-state index < -0.39 is 11.7 Å². The molecule has 4 N–H and O–H groups in total. The van der Waals surface area contributed by atoms with Gasteiger partial charge in [-0.25, -0.2) is 9.37 Å². The SMILES string of the molecule is COC[C@H]1C/C(=C/Nc2nc(NC3CCOC3)ncc2C)C(=N)C(=O)N1Cc1cc(F)ccc1CO. The van der Waals surface area contributed by atoms with Crippen molar-refractivity contribution in [1.82, 2.24) is 14.9 Å². The number of halogens is 1. The number of likely N-dealkylation sites (tertiary alicyclic amines) is 1. The molecule has 0 spiro atoms. The summed E-state index contributed by atoms with van der Waals surface area (Å²) < 4.78 is 24.6. The van der Waals surface area contributed by atoms with Crippen molar-refractivity contribution in [3.05, 3.63) is 58.7 Å². The molecule has 1 unspecified atom stereocenters. The number of aromatic nitrogens is 2. The van der Waals surface area contributed by atoms with Gasteiger partial charge in [0, 0.05) is 43.8 Å². The lowest BCUT2D eigenvalue weighted by Gasteiger charge is -2.37. The van der Waals surface area contributed by atoms with Crippen molar-refractivity contribution in [2.75, 3.05) is 37.6 Å². The van der Waals surface area contributed by atoms with Gasteiger partial charge in [-0.1, -0.05) is 6.07 Å². The van der Waals surface area contributed by atoms with Crippen LogP contribution in [0.25, 0.3) is 0 Å². The highest BCUT2D eigenvalue weighted by atomic mass is 19.1. The molecule has 0 bridgehead atoms. The van der Waals surface area contributed by atoms with Gasteiger partial charge in [0.05, 0.1) is 31.9 Å². The van der Waals surface area contributed by atoms with Crippen molar-refractivity contribution in [3.8, 4) is 0 Å². The Morgan fingerprint density at radius 3 is 2.94 bits per heavy atom. The molecule has 4 rings (SSSR count). The number of aryl methyl sites for hydroxylation is 1. The van der Waals surface area contributed by atoms with Gasteiger partial charge in [0.1, 0.15) is 17.3 Å². The Labute approximate surface area is 209 Å². The number of aliphatic hydroxyl groups is 1. The van der Waals surface area contributed by atoms with E-state index >= 15 is 0 Å². The average Bonchev–Trinajstić information content (AvgIpc) is 3.38. The highest BCUT2D eigenvalue weighted by Crippen LogP contribution is 2.26. The molecule has 11 heteroatoms. The number of anilines is 2. The summed E-state index contributed by atoms with van der Waals surface area (Å²) in [5.74, 6) is 0.0964. The second-order valence-electron chi connectivity index (χ2n) is 8.94. The zero-order valence-electron chi connectivity index (χ0n) is 20.4. The minimum Gasteiger partial charge on any atom is -0.392 e. The molecule has 36 heavy (non-hydrogen) atoms. The van der Waals surface area contributed by atoms with Crippen LogP contribution in [0.5, 0.6) is 0 Å². The highest BCUT2D eigenvalue weighted by molar-refractivity contribution is 6.44. The standard InChI is InChI=1S/C25H31FN6O4/c1-15-9-29-25(30-20-5-6-36-13-20)31-23(15)28-10-17-8-21(14-35-2)32(24(34)22(17)27)11-18-7-19(26)4-3-16(18)12-33/h3-4,7,9-10,20-21,27,33H,5-6,8,11-14H2,1-2H3,(H2,28,29,30,31)/b17-10-,27-22?/t20?,21-/m1/s1. The van der Waals surface area contributed by atoms with Gasteiger partial charge < -0.3 is 30.1 Å². The summed E-state index contributed by atoms with van der Waals surface area (Å²) in [5, 5.41) is 24.5. The first kappa shape index (κ1) is 25.7. The summed E-state index contributed by atoms with van der Waals surface area (Å²) in [6, 6.07) is 3.86. The molecule has 192 valence electrons. The third kappa shape index (κ3) is 5.86. The Balaban J connectivity index is 1.52. The zero-order chi connectivity index (χ0) is 25.7. The number of ether oxygens (including phenoxy) is 2. The van der Waals surface area contributed by atoms with Gasteiger partial charge in [-0.3, -0.25) is 10.2 Å². The van der Waals surface area contributed by atoms with Gasteiger partial charge in [0.2, 0.25) is 5.95 Å². The highest BCUT2D eigenvalue weighted by Gasteiger charge is 2.35. The van der Waals surface area contributed by atoms with Gasteiger partial charge in [-0.2, -0.15) is 4.98 Å². The lowest BCUT2D eigenvalue weighted by Crippen LogP contribution is -2.50. The predicted molar refractivity (Wildman–Crippen MR) is 132 cm³/mol. The van der Waals surface area contributed by atoms with E-state index in [1.54, 1.807) is 19.5 Å². The van der Waals surface area contributed by atoms with Crippen molar-refractivity contribution in [3.63, 3.8) is 0 Å². The third-order valence-corrected chi connectivity index (χ3v) is 6.35. The topological polar surface area (TPSA) is 133 Å². The molecule has 3 heterocycles. The number of hydrogen-bond acceptors (Lipinski definition) is 9. The minimum absolute atomic E-state index is 0.0640. The van der Waals surface area contributed by atoms with Crippen molar-refractivity contribution >= 4 is 23.4 Å². The Morgan fingerprint density at radius 2 is 2.22 bits per heavy atom. The Bertz CT molecular complexity index is 1150. The molecule has 2 aliphatic rings. The maximum absolute atomic E-state index is 13.9. The van der Waals surface area contributed by atoms with Crippen LogP contribution in [-0.2, 0) is 27.4 Å². The first-order valence-corrected chi connectivity index (χ1v) is 11.8.